The van der Waals surface area contributed by atoms with Crippen molar-refractivity contribution in [3.05, 3.63) is 30.5 Å². The molecule has 1 aliphatic heterocycles. The zero-order valence-corrected chi connectivity index (χ0v) is 10.8. The van der Waals surface area contributed by atoms with E-state index >= 15 is 0 Å². The minimum atomic E-state index is -3.65. The van der Waals surface area contributed by atoms with Gasteiger partial charge in [0.15, 0.2) is 0 Å². The van der Waals surface area contributed by atoms with Crippen LogP contribution in [0, 0.1) is 0 Å². The Labute approximate surface area is 109 Å². The lowest BCUT2D eigenvalue weighted by Crippen LogP contribution is -2.38. The molecule has 100 valence electrons. The fourth-order valence-corrected chi connectivity index (χ4v) is 3.46. The van der Waals surface area contributed by atoms with E-state index in [0.717, 1.165) is 0 Å². The van der Waals surface area contributed by atoms with Crippen LogP contribution in [-0.2, 0) is 23.1 Å². The lowest BCUT2D eigenvalue weighted by molar-refractivity contribution is 0.335. The highest BCUT2D eigenvalue weighted by Gasteiger charge is 2.30. The van der Waals surface area contributed by atoms with Gasteiger partial charge in [-0.1, -0.05) is 0 Å². The van der Waals surface area contributed by atoms with Gasteiger partial charge in [-0.2, -0.15) is 4.31 Å². The van der Waals surface area contributed by atoms with Crippen LogP contribution in [0.4, 0.5) is 5.82 Å². The third-order valence-corrected chi connectivity index (χ3v) is 4.91. The van der Waals surface area contributed by atoms with Crippen molar-refractivity contribution in [2.45, 2.75) is 18.0 Å². The standard InChI is InChI=1S/C10H12N6O2S/c11-10-8(2-1-3-12-10)19(17,18)16-5-4-15-7-13-14-9(15)6-16/h1-3,7H,4-6H2,(H2,11,12). The molecule has 1 aliphatic rings. The number of nitrogen functional groups attached to an aromatic ring is 1. The number of nitrogens with two attached hydrogens (primary N) is 1. The number of fused-ring (bicyclic) bond motifs is 1. The summed E-state index contributed by atoms with van der Waals surface area (Å²) in [6.45, 7) is 1.08. The molecule has 0 atom stereocenters. The van der Waals surface area contributed by atoms with Crippen molar-refractivity contribution in [3.63, 3.8) is 0 Å². The zero-order chi connectivity index (χ0) is 13.5. The van der Waals surface area contributed by atoms with Gasteiger partial charge in [0.2, 0.25) is 10.0 Å². The molecule has 0 bridgehead atoms. The summed E-state index contributed by atoms with van der Waals surface area (Å²) in [5.74, 6) is 0.631. The van der Waals surface area contributed by atoms with E-state index < -0.39 is 10.0 Å². The van der Waals surface area contributed by atoms with Crippen molar-refractivity contribution in [1.82, 2.24) is 24.1 Å². The van der Waals surface area contributed by atoms with Gasteiger partial charge in [-0.3, -0.25) is 0 Å². The maximum absolute atomic E-state index is 12.5. The Morgan fingerprint density at radius 1 is 1.32 bits per heavy atom. The van der Waals surface area contributed by atoms with Crippen molar-refractivity contribution in [3.8, 4) is 0 Å². The highest BCUT2D eigenvalue weighted by Crippen LogP contribution is 2.23. The number of pyridine rings is 1. The van der Waals surface area contributed by atoms with Gasteiger partial charge in [0.05, 0.1) is 6.54 Å². The van der Waals surface area contributed by atoms with E-state index in [1.165, 1.54) is 16.6 Å². The Balaban J connectivity index is 1.97. The molecule has 0 spiro atoms. The van der Waals surface area contributed by atoms with Crippen LogP contribution < -0.4 is 5.73 Å². The Kier molecular flexibility index (Phi) is 2.72. The van der Waals surface area contributed by atoms with Crippen LogP contribution in [0.25, 0.3) is 0 Å². The first-order valence-corrected chi connectivity index (χ1v) is 7.10. The van der Waals surface area contributed by atoms with Gasteiger partial charge in [-0.05, 0) is 12.1 Å². The molecule has 2 N–H and O–H groups in total. The molecule has 0 aromatic carbocycles. The zero-order valence-electron chi connectivity index (χ0n) is 9.97. The minimum absolute atomic E-state index is 0.00883. The average molecular weight is 280 g/mol. The molecule has 0 unspecified atom stereocenters. The van der Waals surface area contributed by atoms with Crippen molar-refractivity contribution in [2.75, 3.05) is 12.3 Å². The van der Waals surface area contributed by atoms with Crippen LogP contribution >= 0.6 is 0 Å². The lowest BCUT2D eigenvalue weighted by atomic mass is 10.4. The average Bonchev–Trinajstić information content (AvgIpc) is 2.86. The quantitative estimate of drug-likeness (QED) is 0.791. The second-order valence-corrected chi connectivity index (χ2v) is 6.07. The first-order chi connectivity index (χ1) is 9.09. The maximum Gasteiger partial charge on any atom is 0.247 e. The first-order valence-electron chi connectivity index (χ1n) is 5.66. The van der Waals surface area contributed by atoms with Crippen LogP contribution in [0.3, 0.4) is 0 Å². The number of nitrogens with zero attached hydrogens (tertiary/aromatic N) is 5. The number of anilines is 1. The molecule has 0 saturated heterocycles. The molecule has 2 aromatic rings. The fraction of sp³-hybridized carbons (Fsp3) is 0.300. The highest BCUT2D eigenvalue weighted by atomic mass is 32.2. The third-order valence-electron chi connectivity index (χ3n) is 3.02. The largest absolute Gasteiger partial charge is 0.383 e. The summed E-state index contributed by atoms with van der Waals surface area (Å²) >= 11 is 0. The number of hydrogen-bond acceptors (Lipinski definition) is 6. The van der Waals surface area contributed by atoms with Crippen LogP contribution in [0.1, 0.15) is 5.82 Å². The van der Waals surface area contributed by atoms with Crippen molar-refractivity contribution < 1.29 is 8.42 Å². The SMILES string of the molecule is Nc1ncccc1S(=O)(=O)N1CCn2cnnc2C1. The van der Waals surface area contributed by atoms with E-state index in [1.807, 2.05) is 4.57 Å². The van der Waals surface area contributed by atoms with Crippen molar-refractivity contribution >= 4 is 15.8 Å². The van der Waals surface area contributed by atoms with E-state index in [0.29, 0.717) is 18.9 Å². The summed E-state index contributed by atoms with van der Waals surface area (Å²) in [6.07, 6.45) is 3.05. The number of hydrogen-bond donors (Lipinski definition) is 1. The first kappa shape index (κ1) is 12.1. The highest BCUT2D eigenvalue weighted by molar-refractivity contribution is 7.89. The molecule has 8 nitrogen and oxygen atoms in total. The number of sulfonamides is 1. The third kappa shape index (κ3) is 1.96. The maximum atomic E-state index is 12.5. The molecule has 3 rings (SSSR count). The molecule has 19 heavy (non-hydrogen) atoms. The summed E-state index contributed by atoms with van der Waals surface area (Å²) < 4.78 is 28.1. The van der Waals surface area contributed by atoms with Crippen molar-refractivity contribution in [2.24, 2.45) is 0 Å². The second kappa shape index (κ2) is 4.28. The molecule has 9 heteroatoms. The Morgan fingerprint density at radius 3 is 2.95 bits per heavy atom. The Bertz CT molecular complexity index is 710. The topological polar surface area (TPSA) is 107 Å². The molecule has 0 radical (unpaired) electrons. The Hall–Kier alpha value is -2.00. The van der Waals surface area contributed by atoms with E-state index in [1.54, 1.807) is 12.4 Å². The molecular formula is C10H12N6O2S. The van der Waals surface area contributed by atoms with Crippen LogP contribution in [0.15, 0.2) is 29.6 Å². The summed E-state index contributed by atoms with van der Waals surface area (Å²) in [5, 5.41) is 7.66. The molecule has 0 amide bonds. The predicted octanol–water partition coefficient (Wildman–Crippen LogP) is -0.540. The molecule has 2 aromatic heterocycles. The second-order valence-electron chi connectivity index (χ2n) is 4.17. The fourth-order valence-electron chi connectivity index (χ4n) is 2.01. The minimum Gasteiger partial charge on any atom is -0.383 e. The van der Waals surface area contributed by atoms with E-state index in [2.05, 4.69) is 15.2 Å². The summed E-state index contributed by atoms with van der Waals surface area (Å²) in [6, 6.07) is 3.01. The normalized spacial score (nSPS) is 16.2. The van der Waals surface area contributed by atoms with E-state index in [9.17, 15) is 8.42 Å². The predicted molar refractivity (Wildman–Crippen MR) is 66.3 cm³/mol. The van der Waals surface area contributed by atoms with Gasteiger partial charge < -0.3 is 10.3 Å². The number of aromatic nitrogens is 4. The summed E-state index contributed by atoms with van der Waals surface area (Å²) in [4.78, 5) is 3.84. The van der Waals surface area contributed by atoms with Gasteiger partial charge in [-0.15, -0.1) is 10.2 Å². The van der Waals surface area contributed by atoms with E-state index in [-0.39, 0.29) is 17.3 Å². The van der Waals surface area contributed by atoms with Gasteiger partial charge in [0.1, 0.15) is 22.9 Å². The molecule has 0 fully saturated rings. The van der Waals surface area contributed by atoms with Crippen molar-refractivity contribution in [1.29, 1.82) is 0 Å². The van der Waals surface area contributed by atoms with E-state index in [4.69, 9.17) is 5.73 Å². The van der Waals surface area contributed by atoms with Gasteiger partial charge >= 0.3 is 0 Å². The molecule has 3 heterocycles. The molecule has 0 aliphatic carbocycles. The summed E-state index contributed by atoms with van der Waals surface area (Å²) in [5.41, 5.74) is 5.64. The van der Waals surface area contributed by atoms with Gasteiger partial charge in [-0.25, -0.2) is 13.4 Å². The summed E-state index contributed by atoms with van der Waals surface area (Å²) in [7, 11) is -3.65. The van der Waals surface area contributed by atoms with Gasteiger partial charge in [0.25, 0.3) is 0 Å². The van der Waals surface area contributed by atoms with Gasteiger partial charge in [0, 0.05) is 19.3 Å². The molecular weight excluding hydrogens is 268 g/mol. The van der Waals surface area contributed by atoms with Crippen LogP contribution in [-0.4, -0.2) is 39.0 Å². The lowest BCUT2D eigenvalue weighted by Gasteiger charge is -2.26. The monoisotopic (exact) mass is 280 g/mol. The van der Waals surface area contributed by atoms with Crippen LogP contribution in [0.2, 0.25) is 0 Å². The Morgan fingerprint density at radius 2 is 2.16 bits per heavy atom. The van der Waals surface area contributed by atoms with Crippen LogP contribution in [0.5, 0.6) is 0 Å². The smallest absolute Gasteiger partial charge is 0.247 e. The number of rotatable bonds is 2. The molecule has 0 saturated carbocycles.